The van der Waals surface area contributed by atoms with Crippen molar-refractivity contribution in [3.63, 3.8) is 0 Å². The summed E-state index contributed by atoms with van der Waals surface area (Å²) in [4.78, 5) is 13.8. The highest BCUT2D eigenvalue weighted by Gasteiger charge is 2.14. The summed E-state index contributed by atoms with van der Waals surface area (Å²) in [5.41, 5.74) is 0. The van der Waals surface area contributed by atoms with Gasteiger partial charge < -0.3 is 0 Å². The fourth-order valence-electron chi connectivity index (χ4n) is 1.47. The van der Waals surface area contributed by atoms with E-state index < -0.39 is 16.6 Å². The zero-order chi connectivity index (χ0) is 13.1. The van der Waals surface area contributed by atoms with Gasteiger partial charge in [-0.05, 0) is 37.3 Å². The van der Waals surface area contributed by atoms with E-state index in [0.717, 1.165) is 4.88 Å². The zero-order valence-electron chi connectivity index (χ0n) is 9.68. The van der Waals surface area contributed by atoms with Gasteiger partial charge in [-0.15, -0.1) is 11.3 Å². The van der Waals surface area contributed by atoms with Crippen molar-refractivity contribution in [3.05, 3.63) is 52.0 Å². The Labute approximate surface area is 111 Å². The van der Waals surface area contributed by atoms with Crippen LogP contribution in [-0.4, -0.2) is 15.7 Å². The normalized spacial score (nSPS) is 12.3. The second-order valence-electron chi connectivity index (χ2n) is 3.78. The molecule has 1 unspecified atom stereocenters. The first-order valence-corrected chi connectivity index (χ1v) is 7.43. The monoisotopic (exact) mass is 282 g/mol. The van der Waals surface area contributed by atoms with E-state index in [4.69, 9.17) is 0 Å². The second kappa shape index (κ2) is 5.54. The van der Waals surface area contributed by atoms with Crippen LogP contribution in [-0.2, 0) is 10.8 Å². The molecule has 2 aromatic rings. The molecule has 0 fully saturated rings. The quantitative estimate of drug-likeness (QED) is 0.807. The van der Waals surface area contributed by atoms with E-state index in [-0.39, 0.29) is 11.5 Å². The summed E-state index contributed by atoms with van der Waals surface area (Å²) in [7, 11) is -1.50. The first-order chi connectivity index (χ1) is 8.56. The molecule has 1 aromatic heterocycles. The molecule has 0 aliphatic rings. The van der Waals surface area contributed by atoms with Crippen LogP contribution in [0.2, 0.25) is 0 Å². The Hall–Kier alpha value is -1.33. The van der Waals surface area contributed by atoms with Crippen molar-refractivity contribution in [3.8, 4) is 0 Å². The maximum absolute atomic E-state index is 13.0. The third-order valence-electron chi connectivity index (χ3n) is 2.34. The highest BCUT2D eigenvalue weighted by atomic mass is 32.2. The lowest BCUT2D eigenvalue weighted by Crippen LogP contribution is -2.09. The summed E-state index contributed by atoms with van der Waals surface area (Å²) in [6, 6.07) is 9.11. The largest absolute Gasteiger partial charge is 0.292 e. The van der Waals surface area contributed by atoms with Crippen molar-refractivity contribution in [1.29, 1.82) is 0 Å². The van der Waals surface area contributed by atoms with E-state index in [0.29, 0.717) is 9.77 Å². The van der Waals surface area contributed by atoms with Crippen LogP contribution < -0.4 is 0 Å². The standard InChI is InChI=1S/C13H11FO2S2/c1-9-5-6-13(17-9)12(15)8-18(16)11-4-2-3-10(14)7-11/h2-7H,8H2,1H3. The summed E-state index contributed by atoms with van der Waals surface area (Å²) in [5, 5.41) is 0. The minimum absolute atomic E-state index is 0.108. The average molecular weight is 282 g/mol. The van der Waals surface area contributed by atoms with Gasteiger partial charge in [-0.2, -0.15) is 0 Å². The molecule has 0 spiro atoms. The van der Waals surface area contributed by atoms with Crippen LogP contribution in [0.3, 0.4) is 0 Å². The number of rotatable bonds is 4. The molecule has 2 rings (SSSR count). The molecule has 5 heteroatoms. The van der Waals surface area contributed by atoms with Gasteiger partial charge in [0.2, 0.25) is 0 Å². The van der Waals surface area contributed by atoms with Crippen LogP contribution in [0.4, 0.5) is 4.39 Å². The number of carbonyl (C=O) groups excluding carboxylic acids is 1. The first kappa shape index (κ1) is 13.1. The third-order valence-corrected chi connectivity index (χ3v) is 4.68. The van der Waals surface area contributed by atoms with Crippen molar-refractivity contribution >= 4 is 27.9 Å². The van der Waals surface area contributed by atoms with Gasteiger partial charge >= 0.3 is 0 Å². The van der Waals surface area contributed by atoms with E-state index in [9.17, 15) is 13.4 Å². The van der Waals surface area contributed by atoms with Gasteiger partial charge in [-0.3, -0.25) is 9.00 Å². The molecule has 0 saturated carbocycles. The SMILES string of the molecule is Cc1ccc(C(=O)CS(=O)c2cccc(F)c2)s1. The van der Waals surface area contributed by atoms with Gasteiger partial charge in [-0.25, -0.2) is 4.39 Å². The minimum Gasteiger partial charge on any atom is -0.292 e. The van der Waals surface area contributed by atoms with Crippen molar-refractivity contribution in [1.82, 2.24) is 0 Å². The van der Waals surface area contributed by atoms with Crippen LogP contribution in [0.25, 0.3) is 0 Å². The second-order valence-corrected chi connectivity index (χ2v) is 6.52. The lowest BCUT2D eigenvalue weighted by molar-refractivity contribution is 0.102. The van der Waals surface area contributed by atoms with E-state index in [1.165, 1.54) is 29.5 Å². The highest BCUT2D eigenvalue weighted by molar-refractivity contribution is 7.85. The summed E-state index contributed by atoms with van der Waals surface area (Å²) in [6.07, 6.45) is 0. The van der Waals surface area contributed by atoms with Gasteiger partial charge in [0.05, 0.1) is 21.4 Å². The summed E-state index contributed by atoms with van der Waals surface area (Å²) < 4.78 is 24.9. The molecule has 0 radical (unpaired) electrons. The number of aryl methyl sites for hydroxylation is 1. The van der Waals surface area contributed by atoms with Crippen LogP contribution in [0.1, 0.15) is 14.5 Å². The number of Topliss-reactive ketones (excluding diaryl/α,β-unsaturated/α-hetero) is 1. The van der Waals surface area contributed by atoms with Crippen LogP contribution in [0.15, 0.2) is 41.3 Å². The Morgan fingerprint density at radius 3 is 2.72 bits per heavy atom. The highest BCUT2D eigenvalue weighted by Crippen LogP contribution is 2.17. The number of hydrogen-bond donors (Lipinski definition) is 0. The Bertz CT molecular complexity index is 605. The number of ketones is 1. The van der Waals surface area contributed by atoms with E-state index in [1.54, 1.807) is 12.1 Å². The van der Waals surface area contributed by atoms with Gasteiger partial charge in [0.15, 0.2) is 5.78 Å². The Balaban J connectivity index is 2.10. The van der Waals surface area contributed by atoms with Crippen LogP contribution >= 0.6 is 11.3 Å². The number of benzene rings is 1. The zero-order valence-corrected chi connectivity index (χ0v) is 11.3. The number of thiophene rings is 1. The maximum Gasteiger partial charge on any atom is 0.185 e. The van der Waals surface area contributed by atoms with E-state index >= 15 is 0 Å². The lowest BCUT2D eigenvalue weighted by atomic mass is 10.3. The molecule has 0 bridgehead atoms. The van der Waals surface area contributed by atoms with Gasteiger partial charge in [-0.1, -0.05) is 6.07 Å². The van der Waals surface area contributed by atoms with Gasteiger partial charge in [0, 0.05) is 9.77 Å². The smallest absolute Gasteiger partial charge is 0.185 e. The molecular formula is C13H11FO2S2. The van der Waals surface area contributed by atoms with Crippen LogP contribution in [0.5, 0.6) is 0 Å². The van der Waals surface area contributed by atoms with Crippen molar-refractivity contribution in [2.24, 2.45) is 0 Å². The molecule has 0 aliphatic heterocycles. The van der Waals surface area contributed by atoms with Crippen molar-refractivity contribution in [2.75, 3.05) is 5.75 Å². The molecule has 2 nitrogen and oxygen atoms in total. The number of carbonyl (C=O) groups is 1. The molecule has 18 heavy (non-hydrogen) atoms. The summed E-state index contributed by atoms with van der Waals surface area (Å²) in [5.74, 6) is -0.723. The molecule has 1 heterocycles. The Morgan fingerprint density at radius 2 is 2.11 bits per heavy atom. The number of halogens is 1. The molecule has 1 atom stereocenters. The summed E-state index contributed by atoms with van der Waals surface area (Å²) in [6.45, 7) is 1.91. The molecule has 1 aromatic carbocycles. The van der Waals surface area contributed by atoms with Gasteiger partial charge in [0.1, 0.15) is 5.82 Å². The summed E-state index contributed by atoms with van der Waals surface area (Å²) >= 11 is 1.38. The first-order valence-electron chi connectivity index (χ1n) is 5.30. The third kappa shape index (κ3) is 3.11. The molecule has 0 amide bonds. The Kier molecular flexibility index (Phi) is 4.04. The number of hydrogen-bond acceptors (Lipinski definition) is 3. The van der Waals surface area contributed by atoms with E-state index in [2.05, 4.69) is 0 Å². The fraction of sp³-hybridized carbons (Fsp3) is 0.154. The average Bonchev–Trinajstić information content (AvgIpc) is 2.76. The predicted molar refractivity (Wildman–Crippen MR) is 71.1 cm³/mol. The lowest BCUT2D eigenvalue weighted by Gasteiger charge is -2.00. The maximum atomic E-state index is 13.0. The van der Waals surface area contributed by atoms with Crippen molar-refractivity contribution in [2.45, 2.75) is 11.8 Å². The molecular weight excluding hydrogens is 271 g/mol. The molecule has 0 saturated heterocycles. The molecule has 0 N–H and O–H groups in total. The van der Waals surface area contributed by atoms with Crippen molar-refractivity contribution < 1.29 is 13.4 Å². The minimum atomic E-state index is -1.50. The topological polar surface area (TPSA) is 34.1 Å². The van der Waals surface area contributed by atoms with Gasteiger partial charge in [0.25, 0.3) is 0 Å². The predicted octanol–water partition coefficient (Wildman–Crippen LogP) is 3.19. The molecule has 0 aliphatic carbocycles. The van der Waals surface area contributed by atoms with Crippen LogP contribution in [0, 0.1) is 12.7 Å². The molecule has 94 valence electrons. The fourth-order valence-corrected chi connectivity index (χ4v) is 3.40. The Morgan fingerprint density at radius 1 is 1.33 bits per heavy atom. The van der Waals surface area contributed by atoms with E-state index in [1.807, 2.05) is 13.0 Å².